The van der Waals surface area contributed by atoms with E-state index in [1.807, 2.05) is 30.3 Å². The number of nitrogens with one attached hydrogen (secondary N) is 1. The molecule has 0 spiro atoms. The summed E-state index contributed by atoms with van der Waals surface area (Å²) in [5.74, 6) is 0.485. The summed E-state index contributed by atoms with van der Waals surface area (Å²) in [4.78, 5) is 13.7. The second-order valence-corrected chi connectivity index (χ2v) is 5.52. The van der Waals surface area contributed by atoms with Crippen LogP contribution < -0.4 is 5.32 Å². The summed E-state index contributed by atoms with van der Waals surface area (Å²) < 4.78 is 5.43. The summed E-state index contributed by atoms with van der Waals surface area (Å²) in [6.07, 6.45) is 1.93. The van der Waals surface area contributed by atoms with E-state index in [2.05, 4.69) is 5.32 Å². The third kappa shape index (κ3) is 4.72. The third-order valence-corrected chi connectivity index (χ3v) is 3.87. The topological polar surface area (TPSA) is 61.8 Å². The molecule has 0 radical (unpaired) electrons. The number of ether oxygens (including phenoxy) is 1. The number of aliphatic hydroxyl groups excluding tert-OH is 1. The van der Waals surface area contributed by atoms with Crippen LogP contribution in [0.15, 0.2) is 30.3 Å². The lowest BCUT2D eigenvalue weighted by Crippen LogP contribution is -2.41. The molecule has 0 bridgehead atoms. The number of likely N-dealkylation sites (N-methyl/N-ethyl adjacent to an activating group) is 1. The van der Waals surface area contributed by atoms with E-state index in [1.165, 1.54) is 4.90 Å². The molecule has 2 N–H and O–H groups in total. The van der Waals surface area contributed by atoms with E-state index in [9.17, 15) is 4.79 Å². The van der Waals surface area contributed by atoms with Gasteiger partial charge in [-0.05, 0) is 24.3 Å². The first-order chi connectivity index (χ1) is 10.2. The van der Waals surface area contributed by atoms with E-state index in [-0.39, 0.29) is 18.7 Å². The first-order valence-corrected chi connectivity index (χ1v) is 7.46. The highest BCUT2D eigenvalue weighted by molar-refractivity contribution is 5.74. The molecule has 1 saturated heterocycles. The Morgan fingerprint density at radius 3 is 2.86 bits per heavy atom. The Morgan fingerprint density at radius 1 is 1.48 bits per heavy atom. The number of carbonyl (C=O) groups excluding carboxylic acids is 1. The molecule has 5 heteroatoms. The van der Waals surface area contributed by atoms with Crippen molar-refractivity contribution in [1.82, 2.24) is 10.2 Å². The summed E-state index contributed by atoms with van der Waals surface area (Å²) >= 11 is 0. The van der Waals surface area contributed by atoms with Crippen molar-refractivity contribution in [2.45, 2.75) is 18.9 Å². The minimum Gasteiger partial charge on any atom is -0.395 e. The zero-order chi connectivity index (χ0) is 15.1. The van der Waals surface area contributed by atoms with Crippen LogP contribution >= 0.6 is 0 Å². The van der Waals surface area contributed by atoms with E-state index in [1.54, 1.807) is 7.05 Å². The number of aliphatic hydroxyl groups is 1. The highest BCUT2D eigenvalue weighted by Crippen LogP contribution is 2.26. The van der Waals surface area contributed by atoms with Crippen molar-refractivity contribution in [3.05, 3.63) is 35.9 Å². The molecule has 2 amide bonds. The lowest BCUT2D eigenvalue weighted by atomic mass is 9.94. The van der Waals surface area contributed by atoms with Crippen molar-refractivity contribution >= 4 is 6.03 Å². The average Bonchev–Trinajstić information content (AvgIpc) is 3.00. The average molecular weight is 292 g/mol. The van der Waals surface area contributed by atoms with Crippen LogP contribution in [0.1, 0.15) is 24.4 Å². The van der Waals surface area contributed by atoms with Crippen LogP contribution in [0.5, 0.6) is 0 Å². The number of hydrogen-bond acceptors (Lipinski definition) is 3. The van der Waals surface area contributed by atoms with Gasteiger partial charge in [0.05, 0.1) is 12.6 Å². The number of rotatable bonds is 6. The fraction of sp³-hybridized carbons (Fsp3) is 0.562. The first-order valence-electron chi connectivity index (χ1n) is 7.46. The molecule has 1 aliphatic rings. The van der Waals surface area contributed by atoms with Crippen molar-refractivity contribution in [3.8, 4) is 0 Å². The molecule has 0 aromatic heterocycles. The van der Waals surface area contributed by atoms with Gasteiger partial charge in [0.15, 0.2) is 0 Å². The SMILES string of the molecule is CN(CCO)C(=O)NC(CC1CCOC1)c1ccccc1. The van der Waals surface area contributed by atoms with Crippen molar-refractivity contribution in [2.75, 3.05) is 33.4 Å². The van der Waals surface area contributed by atoms with E-state index in [0.717, 1.165) is 31.6 Å². The Morgan fingerprint density at radius 2 is 2.24 bits per heavy atom. The number of benzene rings is 1. The summed E-state index contributed by atoms with van der Waals surface area (Å²) in [6, 6.07) is 9.83. The third-order valence-electron chi connectivity index (χ3n) is 3.87. The van der Waals surface area contributed by atoms with Crippen molar-refractivity contribution in [1.29, 1.82) is 0 Å². The molecule has 2 unspecified atom stereocenters. The summed E-state index contributed by atoms with van der Waals surface area (Å²) in [5, 5.41) is 12.0. The van der Waals surface area contributed by atoms with Crippen molar-refractivity contribution < 1.29 is 14.6 Å². The lowest BCUT2D eigenvalue weighted by molar-refractivity contribution is 0.175. The Balaban J connectivity index is 2.02. The zero-order valence-corrected chi connectivity index (χ0v) is 12.5. The summed E-state index contributed by atoms with van der Waals surface area (Å²) in [7, 11) is 1.69. The van der Waals surface area contributed by atoms with Crippen LogP contribution in [0.4, 0.5) is 4.79 Å². The fourth-order valence-corrected chi connectivity index (χ4v) is 2.58. The quantitative estimate of drug-likeness (QED) is 0.840. The van der Waals surface area contributed by atoms with Crippen molar-refractivity contribution in [3.63, 3.8) is 0 Å². The number of amides is 2. The van der Waals surface area contributed by atoms with Crippen LogP contribution in [0.2, 0.25) is 0 Å². The normalized spacial score (nSPS) is 19.2. The monoisotopic (exact) mass is 292 g/mol. The minimum atomic E-state index is -0.156. The zero-order valence-electron chi connectivity index (χ0n) is 12.5. The maximum Gasteiger partial charge on any atom is 0.317 e. The van der Waals surface area contributed by atoms with Gasteiger partial charge in [0, 0.05) is 26.8 Å². The highest BCUT2D eigenvalue weighted by Gasteiger charge is 2.24. The van der Waals surface area contributed by atoms with E-state index in [0.29, 0.717) is 12.5 Å². The van der Waals surface area contributed by atoms with E-state index < -0.39 is 0 Å². The molecule has 1 aromatic rings. The van der Waals surface area contributed by atoms with Crippen LogP contribution in [0, 0.1) is 5.92 Å². The van der Waals surface area contributed by atoms with Gasteiger partial charge < -0.3 is 20.1 Å². The number of urea groups is 1. The standard InChI is InChI=1S/C16H24N2O3/c1-18(8-9-19)16(20)17-15(11-13-7-10-21-12-13)14-5-3-2-4-6-14/h2-6,13,15,19H,7-12H2,1H3,(H,17,20). The van der Waals surface area contributed by atoms with Crippen LogP contribution in [0.3, 0.4) is 0 Å². The molecule has 1 fully saturated rings. The molecular weight excluding hydrogens is 268 g/mol. The molecule has 1 aromatic carbocycles. The second-order valence-electron chi connectivity index (χ2n) is 5.52. The van der Waals surface area contributed by atoms with Crippen LogP contribution in [0.25, 0.3) is 0 Å². The smallest absolute Gasteiger partial charge is 0.317 e. The second kappa shape index (κ2) is 8.00. The Hall–Kier alpha value is -1.59. The molecule has 21 heavy (non-hydrogen) atoms. The van der Waals surface area contributed by atoms with Gasteiger partial charge in [0.2, 0.25) is 0 Å². The van der Waals surface area contributed by atoms with Gasteiger partial charge in [0.1, 0.15) is 0 Å². The Kier molecular flexibility index (Phi) is 6.02. The van der Waals surface area contributed by atoms with Crippen LogP contribution in [-0.4, -0.2) is 49.5 Å². The van der Waals surface area contributed by atoms with Gasteiger partial charge >= 0.3 is 6.03 Å². The molecule has 1 aliphatic heterocycles. The van der Waals surface area contributed by atoms with Crippen molar-refractivity contribution in [2.24, 2.45) is 5.92 Å². The van der Waals surface area contributed by atoms with E-state index in [4.69, 9.17) is 9.84 Å². The highest BCUT2D eigenvalue weighted by atomic mass is 16.5. The Labute approximate surface area is 125 Å². The molecule has 0 saturated carbocycles. The Bertz CT molecular complexity index is 432. The van der Waals surface area contributed by atoms with Gasteiger partial charge in [-0.2, -0.15) is 0 Å². The summed E-state index contributed by atoms with van der Waals surface area (Å²) in [6.45, 7) is 1.88. The minimum absolute atomic E-state index is 0.0217. The van der Waals surface area contributed by atoms with Gasteiger partial charge in [0.25, 0.3) is 0 Å². The predicted octanol–water partition coefficient (Wildman–Crippen LogP) is 1.79. The van der Waals surface area contributed by atoms with Gasteiger partial charge in [-0.3, -0.25) is 0 Å². The maximum atomic E-state index is 12.2. The first kappa shape index (κ1) is 15.8. The molecule has 5 nitrogen and oxygen atoms in total. The molecular formula is C16H24N2O3. The molecule has 116 valence electrons. The molecule has 2 rings (SSSR count). The fourth-order valence-electron chi connectivity index (χ4n) is 2.58. The molecule has 0 aliphatic carbocycles. The van der Waals surface area contributed by atoms with Gasteiger partial charge in [-0.15, -0.1) is 0 Å². The van der Waals surface area contributed by atoms with Crippen LogP contribution in [-0.2, 0) is 4.74 Å². The maximum absolute atomic E-state index is 12.2. The number of hydrogen-bond donors (Lipinski definition) is 2. The number of carbonyl (C=O) groups is 1. The summed E-state index contributed by atoms with van der Waals surface area (Å²) in [5.41, 5.74) is 1.11. The molecule has 1 heterocycles. The number of nitrogens with zero attached hydrogens (tertiary/aromatic N) is 1. The van der Waals surface area contributed by atoms with E-state index >= 15 is 0 Å². The lowest BCUT2D eigenvalue weighted by Gasteiger charge is -2.25. The van der Waals surface area contributed by atoms with Gasteiger partial charge in [-0.1, -0.05) is 30.3 Å². The largest absolute Gasteiger partial charge is 0.395 e. The molecule has 2 atom stereocenters. The predicted molar refractivity (Wildman–Crippen MR) is 81.0 cm³/mol. The van der Waals surface area contributed by atoms with Gasteiger partial charge in [-0.25, -0.2) is 4.79 Å².